The minimum absolute atomic E-state index is 0.0374. The van der Waals surface area contributed by atoms with Crippen molar-refractivity contribution >= 4 is 22.7 Å². The van der Waals surface area contributed by atoms with Crippen LogP contribution in [0.4, 0.5) is 0 Å². The fraction of sp³-hybridized carbons (Fsp3) is 0.357. The van der Waals surface area contributed by atoms with E-state index in [0.29, 0.717) is 0 Å². The van der Waals surface area contributed by atoms with Gasteiger partial charge in [0.1, 0.15) is 0 Å². The maximum atomic E-state index is 11.6. The summed E-state index contributed by atoms with van der Waals surface area (Å²) in [5.41, 5.74) is 1.03. The van der Waals surface area contributed by atoms with Crippen LogP contribution >= 0.6 is 11.8 Å². The Morgan fingerprint density at radius 3 is 2.41 bits per heavy atom. The molecule has 0 unspecified atom stereocenters. The standard InChI is InChI=1S/C14H17NOS/c1-14(2,3)17-11-7-5-10-6-8-13(16)15(4)12(10)9-11/h5-9H,1-4H3. The number of rotatable bonds is 1. The van der Waals surface area contributed by atoms with Crippen molar-refractivity contribution in [1.82, 2.24) is 4.57 Å². The van der Waals surface area contributed by atoms with E-state index in [1.807, 2.05) is 24.9 Å². The smallest absolute Gasteiger partial charge is 0.250 e. The fourth-order valence-corrected chi connectivity index (χ4v) is 2.78. The second kappa shape index (κ2) is 4.22. The third kappa shape index (κ3) is 2.72. The van der Waals surface area contributed by atoms with E-state index >= 15 is 0 Å². The maximum Gasteiger partial charge on any atom is 0.250 e. The van der Waals surface area contributed by atoms with Gasteiger partial charge in [0, 0.05) is 22.8 Å². The molecule has 90 valence electrons. The fourth-order valence-electron chi connectivity index (χ4n) is 1.76. The molecule has 1 aromatic heterocycles. The van der Waals surface area contributed by atoms with Crippen LogP contribution in [0, 0.1) is 0 Å². The molecule has 0 amide bonds. The quantitative estimate of drug-likeness (QED) is 0.720. The molecule has 0 spiro atoms. The van der Waals surface area contributed by atoms with E-state index in [1.54, 1.807) is 10.6 Å². The summed E-state index contributed by atoms with van der Waals surface area (Å²) in [6.45, 7) is 6.56. The van der Waals surface area contributed by atoms with E-state index in [1.165, 1.54) is 4.90 Å². The van der Waals surface area contributed by atoms with Gasteiger partial charge in [-0.2, -0.15) is 0 Å². The molecular formula is C14H17NOS. The lowest BCUT2D eigenvalue weighted by molar-refractivity contribution is 0.803. The van der Waals surface area contributed by atoms with Crippen molar-refractivity contribution in [1.29, 1.82) is 0 Å². The normalized spacial score (nSPS) is 12.0. The van der Waals surface area contributed by atoms with E-state index in [9.17, 15) is 4.79 Å². The second-order valence-corrected chi connectivity index (χ2v) is 7.07. The van der Waals surface area contributed by atoms with Gasteiger partial charge in [-0.15, -0.1) is 11.8 Å². The number of hydrogen-bond donors (Lipinski definition) is 0. The molecule has 0 aliphatic carbocycles. The van der Waals surface area contributed by atoms with Gasteiger partial charge in [0.2, 0.25) is 0 Å². The summed E-state index contributed by atoms with van der Waals surface area (Å²) in [5.74, 6) is 0. The SMILES string of the molecule is Cn1c(=O)ccc2ccc(SC(C)(C)C)cc21. The number of benzene rings is 1. The monoisotopic (exact) mass is 247 g/mol. The molecule has 2 aromatic rings. The lowest BCUT2D eigenvalue weighted by atomic mass is 10.2. The summed E-state index contributed by atoms with van der Waals surface area (Å²) in [6, 6.07) is 9.76. The van der Waals surface area contributed by atoms with Crippen LogP contribution in [0.1, 0.15) is 20.8 Å². The second-order valence-electron chi connectivity index (χ2n) is 5.17. The van der Waals surface area contributed by atoms with E-state index < -0.39 is 0 Å². The predicted molar refractivity (Wildman–Crippen MR) is 74.8 cm³/mol. The molecule has 0 N–H and O–H groups in total. The molecule has 0 bridgehead atoms. The molecule has 17 heavy (non-hydrogen) atoms. The number of thioether (sulfide) groups is 1. The van der Waals surface area contributed by atoms with Crippen molar-refractivity contribution in [3.8, 4) is 0 Å². The Labute approximate surface area is 106 Å². The van der Waals surface area contributed by atoms with Crippen LogP contribution in [0.25, 0.3) is 10.9 Å². The molecule has 0 aliphatic heterocycles. The number of nitrogens with zero attached hydrogens (tertiary/aromatic N) is 1. The molecule has 2 nitrogen and oxygen atoms in total. The third-order valence-electron chi connectivity index (χ3n) is 2.52. The van der Waals surface area contributed by atoms with Crippen molar-refractivity contribution in [3.63, 3.8) is 0 Å². The van der Waals surface area contributed by atoms with E-state index in [4.69, 9.17) is 0 Å². The van der Waals surface area contributed by atoms with Crippen molar-refractivity contribution in [3.05, 3.63) is 40.7 Å². The van der Waals surface area contributed by atoms with Crippen molar-refractivity contribution in [2.75, 3.05) is 0 Å². The molecule has 0 fully saturated rings. The molecule has 0 aliphatic rings. The zero-order chi connectivity index (χ0) is 12.6. The highest BCUT2D eigenvalue weighted by Gasteiger charge is 2.12. The van der Waals surface area contributed by atoms with Crippen LogP contribution in [0.3, 0.4) is 0 Å². The maximum absolute atomic E-state index is 11.6. The van der Waals surface area contributed by atoms with E-state index in [-0.39, 0.29) is 10.3 Å². The largest absolute Gasteiger partial charge is 0.311 e. The molecule has 0 saturated heterocycles. The van der Waals surface area contributed by atoms with Crippen molar-refractivity contribution < 1.29 is 0 Å². The lowest BCUT2D eigenvalue weighted by Crippen LogP contribution is -2.15. The molecular weight excluding hydrogens is 230 g/mol. The van der Waals surface area contributed by atoms with Crippen LogP contribution in [-0.2, 0) is 7.05 Å². The van der Waals surface area contributed by atoms with Crippen molar-refractivity contribution in [2.24, 2.45) is 7.05 Å². The summed E-state index contributed by atoms with van der Waals surface area (Å²) in [5, 5.41) is 1.10. The van der Waals surface area contributed by atoms with Gasteiger partial charge in [-0.1, -0.05) is 26.8 Å². The molecule has 1 heterocycles. The van der Waals surface area contributed by atoms with E-state index in [2.05, 4.69) is 39.0 Å². The highest BCUT2D eigenvalue weighted by molar-refractivity contribution is 8.00. The zero-order valence-corrected chi connectivity index (χ0v) is 11.5. The Morgan fingerprint density at radius 1 is 1.12 bits per heavy atom. The number of fused-ring (bicyclic) bond motifs is 1. The van der Waals surface area contributed by atoms with Crippen LogP contribution < -0.4 is 5.56 Å². The first-order valence-electron chi connectivity index (χ1n) is 5.66. The lowest BCUT2D eigenvalue weighted by Gasteiger charge is -2.18. The van der Waals surface area contributed by atoms with Crippen LogP contribution in [0.15, 0.2) is 40.0 Å². The van der Waals surface area contributed by atoms with Crippen molar-refractivity contribution in [2.45, 2.75) is 30.4 Å². The van der Waals surface area contributed by atoms with Gasteiger partial charge in [-0.3, -0.25) is 4.79 Å². The highest BCUT2D eigenvalue weighted by atomic mass is 32.2. The summed E-state index contributed by atoms with van der Waals surface area (Å²) < 4.78 is 1.88. The third-order valence-corrected chi connectivity index (χ3v) is 3.63. The van der Waals surface area contributed by atoms with Crippen LogP contribution in [0.5, 0.6) is 0 Å². The van der Waals surface area contributed by atoms with Gasteiger partial charge in [0.25, 0.3) is 5.56 Å². The van der Waals surface area contributed by atoms with Gasteiger partial charge in [0.05, 0.1) is 5.52 Å². The number of hydrogen-bond acceptors (Lipinski definition) is 2. The highest BCUT2D eigenvalue weighted by Crippen LogP contribution is 2.33. The Hall–Kier alpha value is -1.22. The summed E-state index contributed by atoms with van der Waals surface area (Å²) in [6.07, 6.45) is 0. The minimum atomic E-state index is 0.0374. The van der Waals surface area contributed by atoms with Crippen LogP contribution in [-0.4, -0.2) is 9.31 Å². The van der Waals surface area contributed by atoms with E-state index in [0.717, 1.165) is 10.9 Å². The Kier molecular flexibility index (Phi) is 3.04. The molecule has 0 radical (unpaired) electrons. The van der Waals surface area contributed by atoms with Crippen LogP contribution in [0.2, 0.25) is 0 Å². The van der Waals surface area contributed by atoms with Gasteiger partial charge in [-0.25, -0.2) is 0 Å². The number of aryl methyl sites for hydroxylation is 1. The first kappa shape index (κ1) is 12.2. The average molecular weight is 247 g/mol. The molecule has 0 atom stereocenters. The summed E-state index contributed by atoms with van der Waals surface area (Å²) in [4.78, 5) is 12.8. The molecule has 1 aromatic carbocycles. The number of pyridine rings is 1. The molecule has 0 saturated carbocycles. The minimum Gasteiger partial charge on any atom is -0.311 e. The zero-order valence-electron chi connectivity index (χ0n) is 10.7. The average Bonchev–Trinajstić information content (AvgIpc) is 2.22. The Morgan fingerprint density at radius 2 is 1.76 bits per heavy atom. The topological polar surface area (TPSA) is 22.0 Å². The van der Waals surface area contributed by atoms with Gasteiger partial charge < -0.3 is 4.57 Å². The molecule has 3 heteroatoms. The predicted octanol–water partition coefficient (Wildman–Crippen LogP) is 3.43. The Bertz CT molecular complexity index is 608. The Balaban J connectivity index is 2.57. The first-order valence-corrected chi connectivity index (χ1v) is 6.47. The number of aromatic nitrogens is 1. The first-order chi connectivity index (χ1) is 7.87. The van der Waals surface area contributed by atoms with Gasteiger partial charge in [0.15, 0.2) is 0 Å². The molecule has 2 rings (SSSR count). The summed E-state index contributed by atoms with van der Waals surface area (Å²) in [7, 11) is 1.82. The van der Waals surface area contributed by atoms with Gasteiger partial charge in [-0.05, 0) is 23.6 Å². The van der Waals surface area contributed by atoms with Gasteiger partial charge >= 0.3 is 0 Å². The summed E-state index contributed by atoms with van der Waals surface area (Å²) >= 11 is 1.81.